The fraction of sp³-hybridized carbons (Fsp3) is 0.583. The van der Waals surface area contributed by atoms with E-state index in [0.717, 1.165) is 25.9 Å². The molecule has 1 fully saturated rings. The minimum Gasteiger partial charge on any atom is -0.347 e. The number of pyridine rings is 1. The zero-order chi connectivity index (χ0) is 13.8. The Kier molecular flexibility index (Phi) is 4.55. The van der Waals surface area contributed by atoms with Crippen LogP contribution in [0.5, 0.6) is 0 Å². The van der Waals surface area contributed by atoms with E-state index in [9.17, 15) is 10.1 Å². The molecule has 1 aromatic rings. The van der Waals surface area contributed by atoms with Crippen LogP contribution in [0.15, 0.2) is 12.3 Å². The van der Waals surface area contributed by atoms with Crippen LogP contribution in [-0.4, -0.2) is 35.6 Å². The smallest absolute Gasteiger partial charge is 0.313 e. The Morgan fingerprint density at radius 2 is 2.47 bits per heavy atom. The number of nitro groups is 1. The minimum atomic E-state index is -0.423. The maximum absolute atomic E-state index is 11.1. The number of likely N-dealkylation sites (N-methyl/N-ethyl adjacent to an activating group) is 1. The van der Waals surface area contributed by atoms with Crippen LogP contribution in [0.25, 0.3) is 0 Å². The second kappa shape index (κ2) is 6.16. The number of piperidine rings is 1. The highest BCUT2D eigenvalue weighted by Gasteiger charge is 2.27. The standard InChI is InChI=1S/C12H17ClN4O2/c1-2-16(10-4-3-5-14-8-10)12-11(17(18)19)6-9(13)7-15-12/h6-7,10,14H,2-5,8H2,1H3. The lowest BCUT2D eigenvalue weighted by Gasteiger charge is -2.34. The summed E-state index contributed by atoms with van der Waals surface area (Å²) in [6, 6.07) is 1.61. The minimum absolute atomic E-state index is 0.0278. The topological polar surface area (TPSA) is 71.3 Å². The molecular weight excluding hydrogens is 268 g/mol. The first-order valence-corrected chi connectivity index (χ1v) is 6.78. The van der Waals surface area contributed by atoms with Crippen molar-refractivity contribution >= 4 is 23.1 Å². The molecule has 0 saturated carbocycles. The number of aromatic nitrogens is 1. The fourth-order valence-corrected chi connectivity index (χ4v) is 2.61. The molecule has 0 amide bonds. The third kappa shape index (κ3) is 3.13. The molecule has 2 heterocycles. The van der Waals surface area contributed by atoms with Gasteiger partial charge in [0.05, 0.1) is 9.95 Å². The molecule has 1 N–H and O–H groups in total. The molecule has 2 rings (SSSR count). The first kappa shape index (κ1) is 14.0. The molecule has 104 valence electrons. The Labute approximate surface area is 116 Å². The SMILES string of the molecule is CCN(c1ncc(Cl)cc1[N+](=O)[O-])C1CCCNC1. The van der Waals surface area contributed by atoms with E-state index >= 15 is 0 Å². The van der Waals surface area contributed by atoms with Gasteiger partial charge in [0.1, 0.15) is 0 Å². The predicted octanol–water partition coefficient (Wildman–Crippen LogP) is 2.22. The Morgan fingerprint density at radius 1 is 1.68 bits per heavy atom. The van der Waals surface area contributed by atoms with Crippen molar-refractivity contribution in [3.05, 3.63) is 27.4 Å². The summed E-state index contributed by atoms with van der Waals surface area (Å²) < 4.78 is 0. The molecule has 0 aromatic carbocycles. The van der Waals surface area contributed by atoms with Gasteiger partial charge in [-0.15, -0.1) is 0 Å². The molecule has 7 heteroatoms. The average molecular weight is 285 g/mol. The van der Waals surface area contributed by atoms with Crippen molar-refractivity contribution in [3.8, 4) is 0 Å². The first-order chi connectivity index (χ1) is 9.13. The van der Waals surface area contributed by atoms with E-state index in [1.807, 2.05) is 11.8 Å². The van der Waals surface area contributed by atoms with Crippen LogP contribution < -0.4 is 10.2 Å². The summed E-state index contributed by atoms with van der Waals surface area (Å²) in [7, 11) is 0. The zero-order valence-electron chi connectivity index (χ0n) is 10.8. The third-order valence-corrected chi connectivity index (χ3v) is 3.54. The van der Waals surface area contributed by atoms with Crippen molar-refractivity contribution in [1.29, 1.82) is 0 Å². The van der Waals surface area contributed by atoms with Crippen LogP contribution in [0.2, 0.25) is 5.02 Å². The summed E-state index contributed by atoms with van der Waals surface area (Å²) in [4.78, 5) is 16.9. The highest BCUT2D eigenvalue weighted by atomic mass is 35.5. The summed E-state index contributed by atoms with van der Waals surface area (Å²) in [5.41, 5.74) is -0.0278. The molecule has 1 atom stereocenters. The molecule has 1 aromatic heterocycles. The Hall–Kier alpha value is -1.40. The van der Waals surface area contributed by atoms with Crippen molar-refractivity contribution in [1.82, 2.24) is 10.3 Å². The molecule has 0 spiro atoms. The lowest BCUT2D eigenvalue weighted by molar-refractivity contribution is -0.384. The molecule has 1 saturated heterocycles. The second-order valence-corrected chi connectivity index (χ2v) is 4.98. The largest absolute Gasteiger partial charge is 0.347 e. The Morgan fingerprint density at radius 3 is 3.05 bits per heavy atom. The second-order valence-electron chi connectivity index (χ2n) is 4.54. The molecule has 1 unspecified atom stereocenters. The van der Waals surface area contributed by atoms with E-state index in [1.54, 1.807) is 0 Å². The molecule has 6 nitrogen and oxygen atoms in total. The summed E-state index contributed by atoms with van der Waals surface area (Å²) in [5, 5.41) is 14.7. The van der Waals surface area contributed by atoms with E-state index in [-0.39, 0.29) is 16.8 Å². The van der Waals surface area contributed by atoms with Crippen LogP contribution >= 0.6 is 11.6 Å². The van der Waals surface area contributed by atoms with E-state index in [2.05, 4.69) is 10.3 Å². The first-order valence-electron chi connectivity index (χ1n) is 6.40. The average Bonchev–Trinajstić information content (AvgIpc) is 2.42. The highest BCUT2D eigenvalue weighted by Crippen LogP contribution is 2.30. The summed E-state index contributed by atoms with van der Waals surface area (Å²) >= 11 is 5.80. The molecule has 0 radical (unpaired) electrons. The van der Waals surface area contributed by atoms with Gasteiger partial charge in [0.2, 0.25) is 5.82 Å². The summed E-state index contributed by atoms with van der Waals surface area (Å²) in [6.07, 6.45) is 3.55. The van der Waals surface area contributed by atoms with Gasteiger partial charge in [-0.1, -0.05) is 11.6 Å². The van der Waals surface area contributed by atoms with Crippen molar-refractivity contribution in [3.63, 3.8) is 0 Å². The molecule has 0 bridgehead atoms. The normalized spacial score (nSPS) is 19.2. The molecule has 0 aliphatic carbocycles. The number of nitrogens with one attached hydrogen (secondary N) is 1. The molecule has 1 aliphatic heterocycles. The van der Waals surface area contributed by atoms with Gasteiger partial charge in [0.25, 0.3) is 0 Å². The number of hydrogen-bond donors (Lipinski definition) is 1. The van der Waals surface area contributed by atoms with Crippen LogP contribution in [0.3, 0.4) is 0 Å². The Bertz CT molecular complexity index is 463. The van der Waals surface area contributed by atoms with Crippen molar-refractivity contribution < 1.29 is 4.92 Å². The maximum atomic E-state index is 11.1. The van der Waals surface area contributed by atoms with Gasteiger partial charge in [-0.25, -0.2) is 4.98 Å². The van der Waals surface area contributed by atoms with Gasteiger partial charge >= 0.3 is 5.69 Å². The Balaban J connectivity index is 2.34. The maximum Gasteiger partial charge on any atom is 0.313 e. The van der Waals surface area contributed by atoms with Gasteiger partial charge in [-0.05, 0) is 26.3 Å². The highest BCUT2D eigenvalue weighted by molar-refractivity contribution is 6.30. The zero-order valence-corrected chi connectivity index (χ0v) is 11.6. The molecule has 1 aliphatic rings. The van der Waals surface area contributed by atoms with Crippen molar-refractivity contribution in [2.45, 2.75) is 25.8 Å². The number of anilines is 1. The quantitative estimate of drug-likeness (QED) is 0.678. The van der Waals surface area contributed by atoms with E-state index in [0.29, 0.717) is 12.4 Å². The number of hydrogen-bond acceptors (Lipinski definition) is 5. The van der Waals surface area contributed by atoms with Gasteiger partial charge in [-0.3, -0.25) is 10.1 Å². The lowest BCUT2D eigenvalue weighted by Crippen LogP contribution is -2.46. The van der Waals surface area contributed by atoms with Crippen LogP contribution in [0, 0.1) is 10.1 Å². The predicted molar refractivity (Wildman–Crippen MR) is 74.8 cm³/mol. The van der Waals surface area contributed by atoms with Gasteiger partial charge in [0.15, 0.2) is 0 Å². The molecule has 19 heavy (non-hydrogen) atoms. The molecular formula is C12H17ClN4O2. The monoisotopic (exact) mass is 284 g/mol. The van der Waals surface area contributed by atoms with E-state index in [4.69, 9.17) is 11.6 Å². The van der Waals surface area contributed by atoms with E-state index < -0.39 is 4.92 Å². The van der Waals surface area contributed by atoms with Gasteiger partial charge in [0, 0.05) is 31.4 Å². The summed E-state index contributed by atoms with van der Waals surface area (Å²) in [6.45, 7) is 4.50. The van der Waals surface area contributed by atoms with Crippen LogP contribution in [0.1, 0.15) is 19.8 Å². The van der Waals surface area contributed by atoms with Crippen LogP contribution in [-0.2, 0) is 0 Å². The van der Waals surface area contributed by atoms with E-state index in [1.165, 1.54) is 12.3 Å². The number of nitrogens with zero attached hydrogens (tertiary/aromatic N) is 3. The number of halogens is 1. The van der Waals surface area contributed by atoms with Gasteiger partial charge in [-0.2, -0.15) is 0 Å². The van der Waals surface area contributed by atoms with Crippen molar-refractivity contribution in [2.75, 3.05) is 24.5 Å². The van der Waals surface area contributed by atoms with Crippen molar-refractivity contribution in [2.24, 2.45) is 0 Å². The third-order valence-electron chi connectivity index (χ3n) is 3.33. The lowest BCUT2D eigenvalue weighted by atomic mass is 10.1. The van der Waals surface area contributed by atoms with Gasteiger partial charge < -0.3 is 10.2 Å². The fourth-order valence-electron chi connectivity index (χ4n) is 2.46. The number of rotatable bonds is 4. The van der Waals surface area contributed by atoms with Crippen LogP contribution in [0.4, 0.5) is 11.5 Å². The summed E-state index contributed by atoms with van der Waals surface area (Å²) in [5.74, 6) is 0.408.